The summed E-state index contributed by atoms with van der Waals surface area (Å²) in [5.41, 5.74) is 0. The molecule has 1 fully saturated rings. The summed E-state index contributed by atoms with van der Waals surface area (Å²) in [6.45, 7) is 5.13. The number of ether oxygens (including phenoxy) is 6. The Hall–Kier alpha value is -2.69. The molecule has 11 nitrogen and oxygen atoms in total. The molecule has 0 aromatic carbocycles. The van der Waals surface area contributed by atoms with E-state index in [1.165, 1.54) is 0 Å². The molecule has 0 N–H and O–H groups in total. The van der Waals surface area contributed by atoms with Crippen LogP contribution in [0.1, 0.15) is 34.6 Å². The van der Waals surface area contributed by atoms with Crippen LogP contribution in [0.5, 0.6) is 0 Å². The molecule has 0 saturated carbocycles. The van der Waals surface area contributed by atoms with Crippen LogP contribution in [0.3, 0.4) is 0 Å². The lowest BCUT2D eigenvalue weighted by molar-refractivity contribution is -0.300. The van der Waals surface area contributed by atoms with E-state index in [9.17, 15) is 24.0 Å². The second kappa shape index (κ2) is 9.86. The summed E-state index contributed by atoms with van der Waals surface area (Å²) in [7, 11) is 0. The van der Waals surface area contributed by atoms with Crippen molar-refractivity contribution in [3.63, 3.8) is 0 Å². The highest BCUT2D eigenvalue weighted by atomic mass is 16.8. The lowest BCUT2D eigenvalue weighted by Gasteiger charge is -2.43. The van der Waals surface area contributed by atoms with Crippen molar-refractivity contribution >= 4 is 29.8 Å². The number of rotatable bonds is 6. The number of carbonyl (C=O) groups is 5. The van der Waals surface area contributed by atoms with E-state index in [0.717, 1.165) is 34.6 Å². The van der Waals surface area contributed by atoms with Crippen LogP contribution in [-0.2, 0) is 52.4 Å². The average Bonchev–Trinajstić information content (AvgIpc) is 2.49. The minimum absolute atomic E-state index is 0.393. The molecule has 0 unspecified atom stereocenters. The highest BCUT2D eigenvalue weighted by Crippen LogP contribution is 2.29. The van der Waals surface area contributed by atoms with Crippen molar-refractivity contribution in [1.29, 1.82) is 0 Å². The Labute approximate surface area is 155 Å². The van der Waals surface area contributed by atoms with Crippen molar-refractivity contribution in [2.24, 2.45) is 0 Å². The van der Waals surface area contributed by atoms with Gasteiger partial charge in [-0.05, 0) is 0 Å². The molecule has 5 atom stereocenters. The van der Waals surface area contributed by atoms with Crippen molar-refractivity contribution in [1.82, 2.24) is 0 Å². The predicted molar refractivity (Wildman–Crippen MR) is 83.7 cm³/mol. The molecule has 1 heterocycles. The van der Waals surface area contributed by atoms with Gasteiger partial charge in [-0.25, -0.2) is 0 Å². The highest BCUT2D eigenvalue weighted by molar-refractivity contribution is 5.69. The molecule has 1 rings (SSSR count). The molecule has 152 valence electrons. The zero-order chi connectivity index (χ0) is 20.7. The van der Waals surface area contributed by atoms with E-state index in [4.69, 9.17) is 28.4 Å². The minimum Gasteiger partial charge on any atom is -0.463 e. The third kappa shape index (κ3) is 7.21. The van der Waals surface area contributed by atoms with Gasteiger partial charge in [0.2, 0.25) is 12.4 Å². The molecule has 1 aliphatic rings. The van der Waals surface area contributed by atoms with Crippen LogP contribution in [-0.4, -0.2) is 67.2 Å². The summed E-state index contributed by atoms with van der Waals surface area (Å²) in [5, 5.41) is 0. The highest BCUT2D eigenvalue weighted by Gasteiger charge is 2.53. The van der Waals surface area contributed by atoms with Gasteiger partial charge >= 0.3 is 29.8 Å². The Morgan fingerprint density at radius 1 is 0.630 bits per heavy atom. The van der Waals surface area contributed by atoms with E-state index >= 15 is 0 Å². The Morgan fingerprint density at radius 2 is 1.07 bits per heavy atom. The smallest absolute Gasteiger partial charge is 0.305 e. The number of hydrogen-bond acceptors (Lipinski definition) is 11. The van der Waals surface area contributed by atoms with Gasteiger partial charge in [-0.3, -0.25) is 24.0 Å². The molecule has 1 aliphatic heterocycles. The van der Waals surface area contributed by atoms with Crippen LogP contribution >= 0.6 is 0 Å². The third-order valence-corrected chi connectivity index (χ3v) is 3.23. The first-order valence-corrected chi connectivity index (χ1v) is 7.99. The molecular weight excluding hydrogens is 370 g/mol. The molecule has 0 amide bonds. The van der Waals surface area contributed by atoms with E-state index in [0.29, 0.717) is 0 Å². The van der Waals surface area contributed by atoms with Gasteiger partial charge in [0, 0.05) is 34.6 Å². The first kappa shape index (κ1) is 22.4. The van der Waals surface area contributed by atoms with Crippen molar-refractivity contribution in [3.05, 3.63) is 0 Å². The first-order valence-electron chi connectivity index (χ1n) is 7.99. The van der Waals surface area contributed by atoms with Crippen molar-refractivity contribution in [2.45, 2.75) is 65.3 Å². The fraction of sp³-hybridized carbons (Fsp3) is 0.688. The number of hydrogen-bond donors (Lipinski definition) is 0. The van der Waals surface area contributed by atoms with E-state index in [2.05, 4.69) is 0 Å². The van der Waals surface area contributed by atoms with Crippen LogP contribution < -0.4 is 0 Å². The Bertz CT molecular complexity index is 599. The molecule has 27 heavy (non-hydrogen) atoms. The van der Waals surface area contributed by atoms with Crippen LogP contribution in [0.15, 0.2) is 0 Å². The third-order valence-electron chi connectivity index (χ3n) is 3.23. The molecule has 1 saturated heterocycles. The maximum atomic E-state index is 11.5. The molecule has 0 spiro atoms. The van der Waals surface area contributed by atoms with Gasteiger partial charge in [0.15, 0.2) is 12.2 Å². The summed E-state index contributed by atoms with van der Waals surface area (Å²) in [4.78, 5) is 57.0. The zero-order valence-corrected chi connectivity index (χ0v) is 15.6. The molecule has 0 aromatic heterocycles. The van der Waals surface area contributed by atoms with E-state index in [-0.39, 0.29) is 0 Å². The maximum absolute atomic E-state index is 11.5. The summed E-state index contributed by atoms with van der Waals surface area (Å²) in [6, 6.07) is 0. The molecule has 0 aromatic rings. The monoisotopic (exact) mass is 392 g/mol. The normalized spacial score (nSPS) is 27.1. The molecule has 0 radical (unpaired) electrons. The average molecular weight is 392 g/mol. The van der Waals surface area contributed by atoms with Crippen LogP contribution in [0, 0.1) is 0 Å². The van der Waals surface area contributed by atoms with E-state index in [1.807, 2.05) is 0 Å². The van der Waals surface area contributed by atoms with Crippen LogP contribution in [0.2, 0.25) is 0 Å². The van der Waals surface area contributed by atoms with E-state index < -0.39 is 67.2 Å². The summed E-state index contributed by atoms with van der Waals surface area (Å²) in [6.07, 6.45) is -6.70. The first-order chi connectivity index (χ1) is 12.5. The van der Waals surface area contributed by atoms with Gasteiger partial charge in [0.25, 0.3) is 0 Å². The molecular formula is C16H22O11. The summed E-state index contributed by atoms with van der Waals surface area (Å²) < 4.78 is 30.8. The maximum Gasteiger partial charge on any atom is 0.305 e. The SMILES string of the molecule is CC(=O)O[13CH2][C@H]1O[13C@@H](OC(C)=O)[C@H](OC(C)=O)[C@@H](OC(C)=O)[C@@H]1OC(C)=O. The molecule has 0 bridgehead atoms. The van der Waals surface area contributed by atoms with Gasteiger partial charge in [-0.2, -0.15) is 0 Å². The van der Waals surface area contributed by atoms with Gasteiger partial charge in [0.05, 0.1) is 0 Å². The Morgan fingerprint density at radius 3 is 1.52 bits per heavy atom. The second-order valence-electron chi connectivity index (χ2n) is 5.68. The standard InChI is InChI=1S/C16H22O11/c1-7(17)22-6-12-13(23-8(2)18)14(24-9(3)19)15(25-10(4)20)16(27-12)26-11(5)21/h12-16H,6H2,1-5H3/t12-,13-,14+,15-,16-/m1/s1/i6+1,16+1. The van der Waals surface area contributed by atoms with Gasteiger partial charge < -0.3 is 28.4 Å². The molecule has 0 aliphatic carbocycles. The van der Waals surface area contributed by atoms with E-state index in [1.54, 1.807) is 0 Å². The van der Waals surface area contributed by atoms with Gasteiger partial charge in [0.1, 0.15) is 12.7 Å². The number of esters is 5. The van der Waals surface area contributed by atoms with Gasteiger partial charge in [-0.1, -0.05) is 0 Å². The lowest BCUT2D eigenvalue weighted by atomic mass is 10.1. The topological polar surface area (TPSA) is 141 Å². The van der Waals surface area contributed by atoms with Crippen LogP contribution in [0.4, 0.5) is 0 Å². The zero-order valence-electron chi connectivity index (χ0n) is 15.6. The minimum atomic E-state index is -1.48. The van der Waals surface area contributed by atoms with Crippen LogP contribution in [0.25, 0.3) is 0 Å². The largest absolute Gasteiger partial charge is 0.463 e. The molecule has 11 heteroatoms. The summed E-state index contributed by atoms with van der Waals surface area (Å²) >= 11 is 0. The quantitative estimate of drug-likeness (QED) is 0.332. The lowest BCUT2D eigenvalue weighted by Crippen LogP contribution is -2.63. The Kier molecular flexibility index (Phi) is 8.16. The predicted octanol–water partition coefficient (Wildman–Crippen LogP) is -0.367. The summed E-state index contributed by atoms with van der Waals surface area (Å²) in [5.74, 6) is -3.71. The fourth-order valence-corrected chi connectivity index (χ4v) is 2.45. The fourth-order valence-electron chi connectivity index (χ4n) is 2.45. The number of carbonyl (C=O) groups excluding carboxylic acids is 5. The van der Waals surface area contributed by atoms with Crippen molar-refractivity contribution < 1.29 is 52.4 Å². The van der Waals surface area contributed by atoms with Gasteiger partial charge in [-0.15, -0.1) is 0 Å². The van der Waals surface area contributed by atoms with Crippen molar-refractivity contribution in [3.8, 4) is 0 Å². The van der Waals surface area contributed by atoms with Crippen molar-refractivity contribution in [2.75, 3.05) is 6.61 Å². The Balaban J connectivity index is 3.29. The second-order valence-corrected chi connectivity index (χ2v) is 5.68.